The fraction of sp³-hybridized carbons (Fsp3) is 1.00. The summed E-state index contributed by atoms with van der Waals surface area (Å²) in [6.45, 7) is 13.3. The Kier molecular flexibility index (Phi) is 4.35. The molecule has 3 rings (SSSR count). The Morgan fingerprint density at radius 2 is 0.727 bits per heavy atom. The van der Waals surface area contributed by atoms with Crippen molar-refractivity contribution < 1.29 is 19.6 Å². The molecule has 2 spiro atoms. The molecule has 0 bridgehead atoms. The van der Waals surface area contributed by atoms with Crippen molar-refractivity contribution in [3.05, 3.63) is 0 Å². The van der Waals surface area contributed by atoms with Gasteiger partial charge in [0.1, 0.15) is 0 Å². The predicted molar refractivity (Wildman–Crippen MR) is 83.3 cm³/mol. The lowest BCUT2D eigenvalue weighted by Gasteiger charge is -2.55. The molecule has 0 aromatic rings. The molecule has 1 heterocycles. The summed E-state index contributed by atoms with van der Waals surface area (Å²) in [5.74, 6) is 0.918. The quantitative estimate of drug-likeness (QED) is 0.608. The van der Waals surface area contributed by atoms with Gasteiger partial charge in [0.2, 0.25) is 11.6 Å². The maximum atomic E-state index is 6.00. The van der Waals surface area contributed by atoms with E-state index in [-0.39, 0.29) is 23.7 Å². The van der Waals surface area contributed by atoms with Gasteiger partial charge in [-0.3, -0.25) is 0 Å². The van der Waals surface area contributed by atoms with Crippen LogP contribution in [0.3, 0.4) is 0 Å². The van der Waals surface area contributed by atoms with Gasteiger partial charge in [-0.15, -0.1) is 0 Å². The van der Waals surface area contributed by atoms with E-state index >= 15 is 0 Å². The zero-order valence-electron chi connectivity index (χ0n) is 14.9. The van der Waals surface area contributed by atoms with Crippen molar-refractivity contribution in [1.29, 1.82) is 0 Å². The van der Waals surface area contributed by atoms with Gasteiger partial charge in [-0.25, -0.2) is 0 Å². The summed E-state index contributed by atoms with van der Waals surface area (Å²) in [6.07, 6.45) is 4.30. The Morgan fingerprint density at radius 3 is 0.955 bits per heavy atom. The van der Waals surface area contributed by atoms with Gasteiger partial charge < -0.3 is 0 Å². The molecule has 3 aliphatic rings. The first-order chi connectivity index (χ1) is 10.3. The molecule has 4 unspecified atom stereocenters. The smallest absolute Gasteiger partial charge is 0.194 e. The van der Waals surface area contributed by atoms with Crippen molar-refractivity contribution in [2.24, 2.45) is 35.5 Å². The van der Waals surface area contributed by atoms with Crippen LogP contribution in [0.15, 0.2) is 0 Å². The maximum absolute atomic E-state index is 6.00. The minimum atomic E-state index is -0.750. The third kappa shape index (κ3) is 2.43. The molecule has 0 amide bonds. The summed E-state index contributed by atoms with van der Waals surface area (Å²) in [5.41, 5.74) is 0. The lowest BCUT2D eigenvalue weighted by molar-refractivity contribution is -0.687. The van der Waals surface area contributed by atoms with Crippen LogP contribution < -0.4 is 0 Å². The zero-order valence-corrected chi connectivity index (χ0v) is 14.9. The lowest BCUT2D eigenvalue weighted by atomic mass is 9.72. The molecular weight excluding hydrogens is 280 g/mol. The number of hydrogen-bond donors (Lipinski definition) is 0. The lowest BCUT2D eigenvalue weighted by Crippen LogP contribution is -2.63. The van der Waals surface area contributed by atoms with E-state index in [4.69, 9.17) is 19.6 Å². The average molecular weight is 312 g/mol. The molecular formula is C18H32O4. The van der Waals surface area contributed by atoms with E-state index in [1.165, 1.54) is 0 Å². The predicted octanol–water partition coefficient (Wildman–Crippen LogP) is 4.69. The highest BCUT2D eigenvalue weighted by Gasteiger charge is 2.60. The number of rotatable bonds is 0. The van der Waals surface area contributed by atoms with Crippen LogP contribution in [0.4, 0.5) is 0 Å². The first-order valence-corrected chi connectivity index (χ1v) is 9.03. The third-order valence-electron chi connectivity index (χ3n) is 6.38. The molecule has 3 fully saturated rings. The van der Waals surface area contributed by atoms with Crippen LogP contribution in [-0.2, 0) is 19.6 Å². The van der Waals surface area contributed by atoms with Crippen LogP contribution in [0.1, 0.15) is 67.2 Å². The largest absolute Gasteiger partial charge is 0.239 e. The van der Waals surface area contributed by atoms with Crippen molar-refractivity contribution in [2.75, 3.05) is 0 Å². The summed E-state index contributed by atoms with van der Waals surface area (Å²) in [4.78, 5) is 24.0. The van der Waals surface area contributed by atoms with Crippen molar-refractivity contribution >= 4 is 0 Å². The highest BCUT2D eigenvalue weighted by molar-refractivity contribution is 4.92. The van der Waals surface area contributed by atoms with Gasteiger partial charge in [-0.05, 0) is 37.5 Å². The molecule has 4 heteroatoms. The fourth-order valence-electron chi connectivity index (χ4n) is 5.18. The Morgan fingerprint density at radius 1 is 0.500 bits per heavy atom. The van der Waals surface area contributed by atoms with E-state index in [1.807, 2.05) is 0 Å². The van der Waals surface area contributed by atoms with Crippen LogP contribution in [-0.4, -0.2) is 11.6 Å². The van der Waals surface area contributed by atoms with Gasteiger partial charge in [0.25, 0.3) is 0 Å². The molecule has 128 valence electrons. The second-order valence-electron chi connectivity index (χ2n) is 8.53. The second kappa shape index (κ2) is 5.73. The van der Waals surface area contributed by atoms with Crippen LogP contribution >= 0.6 is 0 Å². The van der Waals surface area contributed by atoms with E-state index < -0.39 is 11.6 Å². The van der Waals surface area contributed by atoms with Gasteiger partial charge >= 0.3 is 0 Å². The second-order valence-corrected chi connectivity index (χ2v) is 8.53. The van der Waals surface area contributed by atoms with Crippen LogP contribution in [0, 0.1) is 35.5 Å². The van der Waals surface area contributed by atoms with Crippen molar-refractivity contribution in [3.63, 3.8) is 0 Å². The first-order valence-electron chi connectivity index (χ1n) is 9.03. The number of hydrogen-bond acceptors (Lipinski definition) is 4. The minimum absolute atomic E-state index is 0.261. The summed E-state index contributed by atoms with van der Waals surface area (Å²) < 4.78 is 0. The van der Waals surface area contributed by atoms with Gasteiger partial charge in [-0.1, -0.05) is 41.5 Å². The monoisotopic (exact) mass is 312 g/mol. The molecule has 0 radical (unpaired) electrons. The third-order valence-corrected chi connectivity index (χ3v) is 6.38. The summed E-state index contributed by atoms with van der Waals surface area (Å²) in [6, 6.07) is 0. The Labute approximate surface area is 134 Å². The molecule has 2 saturated carbocycles. The highest BCUT2D eigenvalue weighted by Crippen LogP contribution is 2.53. The summed E-state index contributed by atoms with van der Waals surface area (Å²) >= 11 is 0. The molecule has 0 aromatic heterocycles. The Hall–Kier alpha value is -0.160. The van der Waals surface area contributed by atoms with E-state index in [2.05, 4.69) is 41.5 Å². The van der Waals surface area contributed by atoms with E-state index in [0.29, 0.717) is 11.8 Å². The van der Waals surface area contributed by atoms with Crippen LogP contribution in [0.25, 0.3) is 0 Å². The normalized spacial score (nSPS) is 56.5. The fourth-order valence-corrected chi connectivity index (χ4v) is 5.18. The van der Waals surface area contributed by atoms with Gasteiger partial charge in [0, 0.05) is 23.7 Å². The molecule has 2 aliphatic carbocycles. The molecule has 4 nitrogen and oxygen atoms in total. The van der Waals surface area contributed by atoms with E-state index in [9.17, 15) is 0 Å². The molecule has 1 saturated heterocycles. The Balaban J connectivity index is 1.77. The molecule has 0 N–H and O–H groups in total. The maximum Gasteiger partial charge on any atom is 0.239 e. The summed E-state index contributed by atoms with van der Waals surface area (Å²) in [5, 5.41) is 0. The zero-order chi connectivity index (χ0) is 16.1. The van der Waals surface area contributed by atoms with Gasteiger partial charge in [0.15, 0.2) is 0 Å². The van der Waals surface area contributed by atoms with E-state index in [1.54, 1.807) is 0 Å². The van der Waals surface area contributed by atoms with Gasteiger partial charge in [-0.2, -0.15) is 19.6 Å². The van der Waals surface area contributed by atoms with Crippen molar-refractivity contribution in [2.45, 2.75) is 78.8 Å². The Bertz CT molecular complexity index is 336. The highest BCUT2D eigenvalue weighted by atomic mass is 17.4. The molecule has 0 aromatic carbocycles. The van der Waals surface area contributed by atoms with Crippen LogP contribution in [0.2, 0.25) is 0 Å². The van der Waals surface area contributed by atoms with Crippen molar-refractivity contribution in [3.8, 4) is 0 Å². The standard InChI is InChI=1S/C18H32O4/c1-11-7-13(3)17(14(4)8-11)19-21-18(22-20-17)15(5)9-12(2)10-16(18)6/h11-16H,7-10H2,1-6H3. The average Bonchev–Trinajstić information content (AvgIpc) is 2.43. The molecule has 4 atom stereocenters. The molecule has 22 heavy (non-hydrogen) atoms. The van der Waals surface area contributed by atoms with Gasteiger partial charge in [0.05, 0.1) is 0 Å². The first kappa shape index (κ1) is 16.7. The molecule has 1 aliphatic heterocycles. The topological polar surface area (TPSA) is 36.9 Å². The summed E-state index contributed by atoms with van der Waals surface area (Å²) in [7, 11) is 0. The van der Waals surface area contributed by atoms with Crippen LogP contribution in [0.5, 0.6) is 0 Å². The SMILES string of the molecule is CC1CC(C)C2(OOC3(OO2)C(C)CC(C)CC3C)C(C)C1. The van der Waals surface area contributed by atoms with Crippen molar-refractivity contribution in [1.82, 2.24) is 0 Å². The van der Waals surface area contributed by atoms with E-state index in [0.717, 1.165) is 25.7 Å². The minimum Gasteiger partial charge on any atom is -0.194 e.